The fourth-order valence-corrected chi connectivity index (χ4v) is 3.55. The molecule has 0 spiro atoms. The zero-order valence-electron chi connectivity index (χ0n) is 15.4. The number of amides is 1. The second-order valence-electron chi connectivity index (χ2n) is 6.98. The number of carbonyl (C=O) groups excluding carboxylic acids is 1. The highest BCUT2D eigenvalue weighted by Crippen LogP contribution is 2.29. The van der Waals surface area contributed by atoms with Crippen molar-refractivity contribution in [1.29, 1.82) is 0 Å². The van der Waals surface area contributed by atoms with E-state index in [0.717, 1.165) is 24.1 Å². The lowest BCUT2D eigenvalue weighted by molar-refractivity contribution is 0.0938. The van der Waals surface area contributed by atoms with E-state index < -0.39 is 0 Å². The Hall–Kier alpha value is -2.99. The highest BCUT2D eigenvalue weighted by molar-refractivity contribution is 5.94. The predicted octanol–water partition coefficient (Wildman–Crippen LogP) is 3.22. The van der Waals surface area contributed by atoms with E-state index in [1.54, 1.807) is 6.92 Å². The molecule has 138 valence electrons. The molecule has 0 saturated carbocycles. The van der Waals surface area contributed by atoms with Crippen LogP contribution in [-0.4, -0.2) is 40.6 Å². The SMILES string of the molecule is Cc1noc([C@H]2C[C@H](NC(=O)c3ccc(-c4ccccc4)cc3)CN2C)n1. The second kappa shape index (κ2) is 7.32. The van der Waals surface area contributed by atoms with Crippen LogP contribution in [0.4, 0.5) is 0 Å². The minimum atomic E-state index is -0.0598. The normalized spacial score (nSPS) is 19.9. The van der Waals surface area contributed by atoms with Crippen molar-refractivity contribution in [2.45, 2.75) is 25.4 Å². The number of likely N-dealkylation sites (tertiary alicyclic amines) is 1. The van der Waals surface area contributed by atoms with Gasteiger partial charge in [0.05, 0.1) is 6.04 Å². The highest BCUT2D eigenvalue weighted by atomic mass is 16.5. The van der Waals surface area contributed by atoms with Gasteiger partial charge in [0.15, 0.2) is 5.82 Å². The van der Waals surface area contributed by atoms with Gasteiger partial charge in [-0.25, -0.2) is 0 Å². The van der Waals surface area contributed by atoms with Crippen LogP contribution in [0.2, 0.25) is 0 Å². The summed E-state index contributed by atoms with van der Waals surface area (Å²) in [5.74, 6) is 1.18. The number of aryl methyl sites for hydroxylation is 1. The molecule has 2 heterocycles. The van der Waals surface area contributed by atoms with Crippen LogP contribution in [0.15, 0.2) is 59.1 Å². The molecule has 2 atom stereocenters. The molecule has 0 unspecified atom stereocenters. The maximum atomic E-state index is 12.6. The number of aromatic nitrogens is 2. The fraction of sp³-hybridized carbons (Fsp3) is 0.286. The molecule has 6 nitrogen and oxygen atoms in total. The van der Waals surface area contributed by atoms with E-state index in [9.17, 15) is 4.79 Å². The lowest BCUT2D eigenvalue weighted by Crippen LogP contribution is -2.36. The smallest absolute Gasteiger partial charge is 0.251 e. The molecule has 1 N–H and O–H groups in total. The molecule has 1 aliphatic heterocycles. The summed E-state index contributed by atoms with van der Waals surface area (Å²) in [6.07, 6.45) is 0.756. The monoisotopic (exact) mass is 362 g/mol. The molecule has 0 radical (unpaired) electrons. The third-order valence-corrected chi connectivity index (χ3v) is 4.97. The van der Waals surface area contributed by atoms with Crippen LogP contribution >= 0.6 is 0 Å². The van der Waals surface area contributed by atoms with E-state index in [-0.39, 0.29) is 18.0 Å². The fourth-order valence-electron chi connectivity index (χ4n) is 3.55. The largest absolute Gasteiger partial charge is 0.348 e. The summed E-state index contributed by atoms with van der Waals surface area (Å²) >= 11 is 0. The van der Waals surface area contributed by atoms with Crippen molar-refractivity contribution in [3.8, 4) is 11.1 Å². The molecule has 1 amide bonds. The first kappa shape index (κ1) is 17.4. The minimum absolute atomic E-state index is 0.0388. The number of benzene rings is 2. The first-order valence-electron chi connectivity index (χ1n) is 9.07. The Morgan fingerprint density at radius 2 is 1.81 bits per heavy atom. The maximum absolute atomic E-state index is 12.6. The van der Waals surface area contributed by atoms with Crippen LogP contribution in [0.25, 0.3) is 11.1 Å². The zero-order valence-corrected chi connectivity index (χ0v) is 15.4. The first-order valence-corrected chi connectivity index (χ1v) is 9.07. The summed E-state index contributed by atoms with van der Waals surface area (Å²) in [5, 5.41) is 6.98. The predicted molar refractivity (Wildman–Crippen MR) is 102 cm³/mol. The molecule has 1 aromatic heterocycles. The quantitative estimate of drug-likeness (QED) is 0.772. The van der Waals surface area contributed by atoms with Gasteiger partial charge in [0.1, 0.15) is 0 Å². The molecule has 0 bridgehead atoms. The number of carbonyl (C=O) groups is 1. The van der Waals surface area contributed by atoms with Gasteiger partial charge in [0.25, 0.3) is 5.91 Å². The molecular formula is C21H22N4O2. The average molecular weight is 362 g/mol. The third-order valence-electron chi connectivity index (χ3n) is 4.97. The van der Waals surface area contributed by atoms with E-state index >= 15 is 0 Å². The summed E-state index contributed by atoms with van der Waals surface area (Å²) in [4.78, 5) is 19.1. The molecule has 1 saturated heterocycles. The Labute approximate surface area is 158 Å². The van der Waals surface area contributed by atoms with Gasteiger partial charge in [-0.05, 0) is 43.7 Å². The van der Waals surface area contributed by atoms with Crippen LogP contribution in [0.1, 0.15) is 34.5 Å². The molecule has 1 aliphatic rings. The lowest BCUT2D eigenvalue weighted by atomic mass is 10.0. The molecule has 1 fully saturated rings. The summed E-state index contributed by atoms with van der Waals surface area (Å²) < 4.78 is 5.30. The van der Waals surface area contributed by atoms with Crippen LogP contribution < -0.4 is 5.32 Å². The molecule has 0 aliphatic carbocycles. The van der Waals surface area contributed by atoms with E-state index in [0.29, 0.717) is 17.3 Å². The second-order valence-corrected chi connectivity index (χ2v) is 6.98. The van der Waals surface area contributed by atoms with Gasteiger partial charge in [0.2, 0.25) is 5.89 Å². The number of hydrogen-bond donors (Lipinski definition) is 1. The summed E-state index contributed by atoms with van der Waals surface area (Å²) in [7, 11) is 2.00. The minimum Gasteiger partial charge on any atom is -0.348 e. The van der Waals surface area contributed by atoms with Crippen molar-refractivity contribution in [2.24, 2.45) is 0 Å². The Morgan fingerprint density at radius 1 is 1.11 bits per heavy atom. The number of hydrogen-bond acceptors (Lipinski definition) is 5. The molecule has 6 heteroatoms. The van der Waals surface area contributed by atoms with Crippen LogP contribution in [0, 0.1) is 6.92 Å². The van der Waals surface area contributed by atoms with Crippen LogP contribution in [-0.2, 0) is 0 Å². The van der Waals surface area contributed by atoms with E-state index in [4.69, 9.17) is 4.52 Å². The zero-order chi connectivity index (χ0) is 18.8. The molecule has 27 heavy (non-hydrogen) atoms. The molecule has 2 aromatic carbocycles. The van der Waals surface area contributed by atoms with E-state index in [1.165, 1.54) is 0 Å². The first-order chi connectivity index (χ1) is 13.1. The van der Waals surface area contributed by atoms with Crippen molar-refractivity contribution >= 4 is 5.91 Å². The van der Waals surface area contributed by atoms with Gasteiger partial charge >= 0.3 is 0 Å². The lowest BCUT2D eigenvalue weighted by Gasteiger charge is -2.14. The van der Waals surface area contributed by atoms with Gasteiger partial charge in [-0.1, -0.05) is 47.6 Å². The molecular weight excluding hydrogens is 340 g/mol. The van der Waals surface area contributed by atoms with Gasteiger partial charge in [-0.2, -0.15) is 4.98 Å². The summed E-state index contributed by atoms with van der Waals surface area (Å²) in [5.41, 5.74) is 2.90. The topological polar surface area (TPSA) is 71.3 Å². The van der Waals surface area contributed by atoms with Crippen molar-refractivity contribution in [3.05, 3.63) is 71.9 Å². The van der Waals surface area contributed by atoms with Gasteiger partial charge in [-0.3, -0.25) is 9.69 Å². The van der Waals surface area contributed by atoms with Crippen molar-refractivity contribution in [1.82, 2.24) is 20.4 Å². The van der Waals surface area contributed by atoms with Crippen LogP contribution in [0.5, 0.6) is 0 Å². The van der Waals surface area contributed by atoms with Gasteiger partial charge in [-0.15, -0.1) is 0 Å². The average Bonchev–Trinajstić information content (AvgIpc) is 3.27. The van der Waals surface area contributed by atoms with Gasteiger partial charge < -0.3 is 9.84 Å². The third kappa shape index (κ3) is 3.75. The highest BCUT2D eigenvalue weighted by Gasteiger charge is 2.35. The Balaban J connectivity index is 1.41. The Kier molecular flexibility index (Phi) is 4.73. The number of likely N-dealkylation sites (N-methyl/N-ethyl adjacent to an activating group) is 1. The maximum Gasteiger partial charge on any atom is 0.251 e. The summed E-state index contributed by atoms with van der Waals surface area (Å²) in [6.45, 7) is 2.56. The van der Waals surface area contributed by atoms with Crippen LogP contribution in [0.3, 0.4) is 0 Å². The Morgan fingerprint density at radius 3 is 2.48 bits per heavy atom. The van der Waals surface area contributed by atoms with E-state index in [2.05, 4.69) is 32.5 Å². The summed E-state index contributed by atoms with van der Waals surface area (Å²) in [6, 6.07) is 17.9. The number of rotatable bonds is 4. The van der Waals surface area contributed by atoms with Crippen molar-refractivity contribution in [3.63, 3.8) is 0 Å². The van der Waals surface area contributed by atoms with Crippen molar-refractivity contribution in [2.75, 3.05) is 13.6 Å². The van der Waals surface area contributed by atoms with E-state index in [1.807, 2.05) is 49.5 Å². The van der Waals surface area contributed by atoms with Crippen molar-refractivity contribution < 1.29 is 9.32 Å². The van der Waals surface area contributed by atoms with Gasteiger partial charge in [0, 0.05) is 18.2 Å². The standard InChI is InChI=1S/C21H22N4O2/c1-14-22-21(27-24-14)19-12-18(13-25(19)2)23-20(26)17-10-8-16(9-11-17)15-6-4-3-5-7-15/h3-11,18-19H,12-13H2,1-2H3,(H,23,26)/t18-,19+/m0/s1. The Bertz CT molecular complexity index is 921. The molecule has 4 rings (SSSR count). The number of nitrogens with zero attached hydrogens (tertiary/aromatic N) is 3. The number of nitrogens with one attached hydrogen (secondary N) is 1. The molecule has 3 aromatic rings.